The highest BCUT2D eigenvalue weighted by Gasteiger charge is 2.26. The molecule has 0 aromatic heterocycles. The van der Waals surface area contributed by atoms with Crippen LogP contribution in [0.5, 0.6) is 0 Å². The molecule has 150 valence electrons. The lowest BCUT2D eigenvalue weighted by Crippen LogP contribution is -2.51. The third-order valence-electron chi connectivity index (χ3n) is 5.80. The Kier molecular flexibility index (Phi) is 6.77. The number of carbonyl (C=O) groups is 1. The van der Waals surface area contributed by atoms with Crippen LogP contribution >= 0.6 is 0 Å². The van der Waals surface area contributed by atoms with Crippen LogP contribution in [-0.4, -0.2) is 61.8 Å². The number of ether oxygens (including phenoxy) is 1. The molecule has 0 aliphatic carbocycles. The van der Waals surface area contributed by atoms with E-state index in [0.717, 1.165) is 51.6 Å². The predicted molar refractivity (Wildman–Crippen MR) is 111 cm³/mol. The van der Waals surface area contributed by atoms with Crippen LogP contribution < -0.4 is 5.32 Å². The number of rotatable bonds is 5. The van der Waals surface area contributed by atoms with E-state index in [-0.39, 0.29) is 6.03 Å². The van der Waals surface area contributed by atoms with Gasteiger partial charge in [-0.2, -0.15) is 0 Å². The van der Waals surface area contributed by atoms with E-state index in [1.165, 1.54) is 17.5 Å². The van der Waals surface area contributed by atoms with Crippen molar-refractivity contribution in [3.05, 3.63) is 29.3 Å². The van der Waals surface area contributed by atoms with Crippen LogP contribution in [0.15, 0.2) is 18.2 Å². The molecular formula is C22H35N3O2. The fraction of sp³-hybridized carbons (Fsp3) is 0.682. The van der Waals surface area contributed by atoms with E-state index in [4.69, 9.17) is 4.74 Å². The summed E-state index contributed by atoms with van der Waals surface area (Å²) in [6, 6.07) is 6.40. The Bertz CT molecular complexity index is 604. The smallest absolute Gasteiger partial charge is 0.321 e. The largest absolute Gasteiger partial charge is 0.381 e. The van der Waals surface area contributed by atoms with Crippen molar-refractivity contribution in [2.45, 2.75) is 46.0 Å². The van der Waals surface area contributed by atoms with E-state index in [2.05, 4.69) is 56.1 Å². The minimum absolute atomic E-state index is 0.0360. The van der Waals surface area contributed by atoms with Crippen molar-refractivity contribution in [1.29, 1.82) is 0 Å². The van der Waals surface area contributed by atoms with E-state index >= 15 is 0 Å². The lowest BCUT2D eigenvalue weighted by molar-refractivity contribution is 0.124. The van der Waals surface area contributed by atoms with Gasteiger partial charge in [-0.05, 0) is 35.3 Å². The molecule has 0 bridgehead atoms. The molecule has 1 N–H and O–H groups in total. The molecule has 1 aromatic carbocycles. The molecule has 2 aliphatic heterocycles. The molecule has 2 heterocycles. The van der Waals surface area contributed by atoms with Gasteiger partial charge in [-0.3, -0.25) is 4.90 Å². The van der Waals surface area contributed by atoms with Crippen molar-refractivity contribution in [3.63, 3.8) is 0 Å². The second-order valence-electron chi connectivity index (χ2n) is 8.57. The van der Waals surface area contributed by atoms with E-state index in [1.807, 2.05) is 4.90 Å². The standard InChI is InChI=1S/C22H35N3O2/c1-16(2)19-6-5-7-20(17(3)4)21(19)23-22(26)25-11-9-24(10-12-25)14-18-8-13-27-15-18/h5-7,16-18H,8-15H2,1-4H3,(H,23,26). The number of amides is 2. The Morgan fingerprint density at radius 1 is 1.11 bits per heavy atom. The van der Waals surface area contributed by atoms with E-state index in [1.54, 1.807) is 0 Å². The number of nitrogens with zero attached hydrogens (tertiary/aromatic N) is 2. The van der Waals surface area contributed by atoms with E-state index < -0.39 is 0 Å². The van der Waals surface area contributed by atoms with Crippen LogP contribution in [0, 0.1) is 5.92 Å². The maximum atomic E-state index is 12.9. The van der Waals surface area contributed by atoms with Crippen LogP contribution in [0.25, 0.3) is 0 Å². The van der Waals surface area contributed by atoms with Crippen molar-refractivity contribution < 1.29 is 9.53 Å². The topological polar surface area (TPSA) is 44.8 Å². The number of para-hydroxylation sites is 1. The minimum atomic E-state index is 0.0360. The number of carbonyl (C=O) groups excluding carboxylic acids is 1. The molecule has 1 atom stereocenters. The normalized spacial score (nSPS) is 21.3. The molecule has 27 heavy (non-hydrogen) atoms. The zero-order valence-electron chi connectivity index (χ0n) is 17.3. The number of piperazine rings is 1. The average Bonchev–Trinajstić information content (AvgIpc) is 3.15. The summed E-state index contributed by atoms with van der Waals surface area (Å²) in [6.07, 6.45) is 1.17. The number of anilines is 1. The van der Waals surface area contributed by atoms with Crippen molar-refractivity contribution in [2.24, 2.45) is 5.92 Å². The van der Waals surface area contributed by atoms with Crippen molar-refractivity contribution in [3.8, 4) is 0 Å². The van der Waals surface area contributed by atoms with Crippen LogP contribution in [0.3, 0.4) is 0 Å². The molecule has 1 aromatic rings. The molecule has 0 saturated carbocycles. The summed E-state index contributed by atoms with van der Waals surface area (Å²) >= 11 is 0. The third-order valence-corrected chi connectivity index (χ3v) is 5.80. The molecule has 1 unspecified atom stereocenters. The molecule has 2 amide bonds. The van der Waals surface area contributed by atoms with Crippen molar-refractivity contribution >= 4 is 11.7 Å². The van der Waals surface area contributed by atoms with Gasteiger partial charge in [0.1, 0.15) is 0 Å². The number of hydrogen-bond acceptors (Lipinski definition) is 3. The van der Waals surface area contributed by atoms with E-state index in [9.17, 15) is 4.79 Å². The van der Waals surface area contributed by atoms with Crippen molar-refractivity contribution in [2.75, 3.05) is 51.3 Å². The Morgan fingerprint density at radius 2 is 1.74 bits per heavy atom. The quantitative estimate of drug-likeness (QED) is 0.844. The van der Waals surface area contributed by atoms with Gasteiger partial charge in [-0.25, -0.2) is 4.79 Å². The molecule has 5 heteroatoms. The van der Waals surface area contributed by atoms with Gasteiger partial charge in [0.15, 0.2) is 0 Å². The molecule has 2 fully saturated rings. The summed E-state index contributed by atoms with van der Waals surface area (Å²) in [5.74, 6) is 1.42. The van der Waals surface area contributed by atoms with Gasteiger partial charge < -0.3 is 15.0 Å². The second kappa shape index (κ2) is 9.07. The Hall–Kier alpha value is -1.59. The highest BCUT2D eigenvalue weighted by Crippen LogP contribution is 2.32. The van der Waals surface area contributed by atoms with Crippen LogP contribution in [0.2, 0.25) is 0 Å². The first kappa shape index (κ1) is 20.2. The summed E-state index contributed by atoms with van der Waals surface area (Å²) in [4.78, 5) is 17.4. The van der Waals surface area contributed by atoms with Crippen LogP contribution in [-0.2, 0) is 4.74 Å². The minimum Gasteiger partial charge on any atom is -0.381 e. The number of benzene rings is 1. The zero-order chi connectivity index (χ0) is 19.4. The molecule has 3 rings (SSSR count). The second-order valence-corrected chi connectivity index (χ2v) is 8.57. The fourth-order valence-corrected chi connectivity index (χ4v) is 4.11. The first-order chi connectivity index (χ1) is 13.0. The lowest BCUT2D eigenvalue weighted by atomic mass is 9.93. The fourth-order valence-electron chi connectivity index (χ4n) is 4.11. The zero-order valence-corrected chi connectivity index (χ0v) is 17.3. The number of urea groups is 1. The summed E-state index contributed by atoms with van der Waals surface area (Å²) in [5.41, 5.74) is 3.45. The van der Waals surface area contributed by atoms with Crippen molar-refractivity contribution in [1.82, 2.24) is 9.80 Å². The molecule has 0 radical (unpaired) electrons. The lowest BCUT2D eigenvalue weighted by Gasteiger charge is -2.36. The number of nitrogens with one attached hydrogen (secondary N) is 1. The highest BCUT2D eigenvalue weighted by atomic mass is 16.5. The Balaban J connectivity index is 1.61. The third kappa shape index (κ3) is 5.02. The average molecular weight is 374 g/mol. The maximum Gasteiger partial charge on any atom is 0.321 e. The summed E-state index contributed by atoms with van der Waals surface area (Å²) < 4.78 is 5.48. The Morgan fingerprint density at radius 3 is 2.26 bits per heavy atom. The van der Waals surface area contributed by atoms with Gasteiger partial charge in [0, 0.05) is 45.0 Å². The van der Waals surface area contributed by atoms with E-state index in [0.29, 0.717) is 17.8 Å². The van der Waals surface area contributed by atoms with Gasteiger partial charge in [-0.15, -0.1) is 0 Å². The predicted octanol–water partition coefficient (Wildman–Crippen LogP) is 4.12. The monoisotopic (exact) mass is 373 g/mol. The molecular weight excluding hydrogens is 338 g/mol. The summed E-state index contributed by atoms with van der Waals surface area (Å²) in [6.45, 7) is 15.1. The van der Waals surface area contributed by atoms with Crippen LogP contribution in [0.4, 0.5) is 10.5 Å². The summed E-state index contributed by atoms with van der Waals surface area (Å²) in [5, 5.41) is 3.25. The van der Waals surface area contributed by atoms with Gasteiger partial charge >= 0.3 is 6.03 Å². The summed E-state index contributed by atoms with van der Waals surface area (Å²) in [7, 11) is 0. The molecule has 2 aliphatic rings. The molecule has 2 saturated heterocycles. The van der Waals surface area contributed by atoms with Gasteiger partial charge in [0.25, 0.3) is 0 Å². The van der Waals surface area contributed by atoms with Crippen LogP contribution in [0.1, 0.15) is 57.1 Å². The Labute approximate surface area is 164 Å². The molecule has 0 spiro atoms. The van der Waals surface area contributed by atoms with Gasteiger partial charge in [-0.1, -0.05) is 45.9 Å². The SMILES string of the molecule is CC(C)c1cccc(C(C)C)c1NC(=O)N1CCN(CC2CCOC2)CC1. The van der Waals surface area contributed by atoms with Gasteiger partial charge in [0.05, 0.1) is 6.61 Å². The highest BCUT2D eigenvalue weighted by molar-refractivity contribution is 5.91. The first-order valence-electron chi connectivity index (χ1n) is 10.4. The first-order valence-corrected chi connectivity index (χ1v) is 10.4. The maximum absolute atomic E-state index is 12.9. The van der Waals surface area contributed by atoms with Gasteiger partial charge in [0.2, 0.25) is 0 Å². The molecule has 5 nitrogen and oxygen atoms in total. The number of hydrogen-bond donors (Lipinski definition) is 1.